The fourth-order valence-electron chi connectivity index (χ4n) is 1.67. The summed E-state index contributed by atoms with van der Waals surface area (Å²) in [7, 11) is 0. The van der Waals surface area contributed by atoms with Gasteiger partial charge in [-0.1, -0.05) is 12.2 Å². The molecule has 1 N–H and O–H groups in total. The summed E-state index contributed by atoms with van der Waals surface area (Å²) < 4.78 is 10.8. The highest BCUT2D eigenvalue weighted by Gasteiger charge is 2.12. The van der Waals surface area contributed by atoms with Gasteiger partial charge in [-0.25, -0.2) is 0 Å². The van der Waals surface area contributed by atoms with E-state index in [1.165, 1.54) is 12.8 Å². The van der Waals surface area contributed by atoms with Crippen molar-refractivity contribution in [3.63, 3.8) is 0 Å². The minimum atomic E-state index is 0.675. The van der Waals surface area contributed by atoms with E-state index in [4.69, 9.17) is 9.47 Å². The molecule has 0 aromatic heterocycles. The molecule has 0 aromatic rings. The molecule has 15 heavy (non-hydrogen) atoms. The van der Waals surface area contributed by atoms with E-state index < -0.39 is 0 Å². The zero-order valence-corrected chi connectivity index (χ0v) is 9.76. The first-order valence-electron chi connectivity index (χ1n) is 5.79. The van der Waals surface area contributed by atoms with Crippen LogP contribution in [0.1, 0.15) is 19.8 Å². The molecule has 0 bridgehead atoms. The Kier molecular flexibility index (Phi) is 6.64. The van der Waals surface area contributed by atoms with Gasteiger partial charge in [0.25, 0.3) is 0 Å². The summed E-state index contributed by atoms with van der Waals surface area (Å²) in [5.74, 6) is 0.694. The van der Waals surface area contributed by atoms with E-state index in [0.717, 1.165) is 38.5 Å². The molecule has 1 aliphatic rings. The van der Waals surface area contributed by atoms with Crippen LogP contribution in [0.25, 0.3) is 0 Å². The molecule has 0 aromatic carbocycles. The maximum Gasteiger partial charge on any atom is 0.0672 e. The second kappa shape index (κ2) is 7.85. The van der Waals surface area contributed by atoms with Gasteiger partial charge in [-0.3, -0.25) is 0 Å². The molecule has 1 aliphatic heterocycles. The van der Waals surface area contributed by atoms with E-state index in [-0.39, 0.29) is 0 Å². The maximum absolute atomic E-state index is 5.41. The molecule has 0 spiro atoms. The summed E-state index contributed by atoms with van der Waals surface area (Å²) in [5, 5.41) is 3.39. The summed E-state index contributed by atoms with van der Waals surface area (Å²) in [5.41, 5.74) is 1.08. The van der Waals surface area contributed by atoms with Crippen LogP contribution in [0.4, 0.5) is 0 Å². The lowest BCUT2D eigenvalue weighted by atomic mass is 10.0. The molecule has 0 radical (unpaired) electrons. The summed E-state index contributed by atoms with van der Waals surface area (Å²) in [4.78, 5) is 0. The Labute approximate surface area is 92.8 Å². The Morgan fingerprint density at radius 1 is 1.60 bits per heavy atom. The molecule has 1 heterocycles. The molecular formula is C12H23NO2. The van der Waals surface area contributed by atoms with Crippen molar-refractivity contribution >= 4 is 0 Å². The Morgan fingerprint density at radius 2 is 2.47 bits per heavy atom. The number of ether oxygens (including phenoxy) is 2. The van der Waals surface area contributed by atoms with E-state index in [2.05, 4.69) is 11.9 Å². The summed E-state index contributed by atoms with van der Waals surface area (Å²) in [6, 6.07) is 0. The molecule has 1 saturated heterocycles. The largest absolute Gasteiger partial charge is 0.381 e. The smallest absolute Gasteiger partial charge is 0.0672 e. The topological polar surface area (TPSA) is 30.5 Å². The average molecular weight is 213 g/mol. The average Bonchev–Trinajstić information content (AvgIpc) is 2.24. The van der Waals surface area contributed by atoms with Crippen molar-refractivity contribution in [2.45, 2.75) is 19.8 Å². The van der Waals surface area contributed by atoms with Crippen LogP contribution in [-0.2, 0) is 9.47 Å². The van der Waals surface area contributed by atoms with Crippen molar-refractivity contribution in [2.24, 2.45) is 5.92 Å². The number of rotatable bonds is 7. The Hall–Kier alpha value is -0.380. The zero-order chi connectivity index (χ0) is 10.9. The van der Waals surface area contributed by atoms with Gasteiger partial charge in [0.05, 0.1) is 19.8 Å². The molecule has 3 nitrogen and oxygen atoms in total. The summed E-state index contributed by atoms with van der Waals surface area (Å²) >= 11 is 0. The molecule has 0 saturated carbocycles. The van der Waals surface area contributed by atoms with Gasteiger partial charge in [0.1, 0.15) is 0 Å². The lowest BCUT2D eigenvalue weighted by molar-refractivity contribution is 0.0538. The van der Waals surface area contributed by atoms with Crippen LogP contribution in [0.5, 0.6) is 0 Å². The first kappa shape index (κ1) is 12.7. The number of hydrogen-bond acceptors (Lipinski definition) is 3. The minimum Gasteiger partial charge on any atom is -0.381 e. The van der Waals surface area contributed by atoms with E-state index in [1.807, 2.05) is 6.92 Å². The lowest BCUT2D eigenvalue weighted by Gasteiger charge is -2.22. The van der Waals surface area contributed by atoms with Crippen molar-refractivity contribution in [2.75, 3.05) is 39.5 Å². The highest BCUT2D eigenvalue weighted by atomic mass is 16.5. The summed E-state index contributed by atoms with van der Waals surface area (Å²) in [6.07, 6.45) is 2.50. The van der Waals surface area contributed by atoms with E-state index >= 15 is 0 Å². The van der Waals surface area contributed by atoms with Crippen LogP contribution in [0.3, 0.4) is 0 Å². The van der Waals surface area contributed by atoms with Crippen molar-refractivity contribution < 1.29 is 9.47 Å². The second-order valence-electron chi connectivity index (χ2n) is 4.30. The zero-order valence-electron chi connectivity index (χ0n) is 9.76. The van der Waals surface area contributed by atoms with Gasteiger partial charge in [-0.2, -0.15) is 0 Å². The van der Waals surface area contributed by atoms with Crippen molar-refractivity contribution in [3.05, 3.63) is 12.2 Å². The van der Waals surface area contributed by atoms with Gasteiger partial charge >= 0.3 is 0 Å². The molecule has 3 heteroatoms. The third-order valence-corrected chi connectivity index (χ3v) is 2.46. The van der Waals surface area contributed by atoms with Crippen molar-refractivity contribution in [1.29, 1.82) is 0 Å². The first-order chi connectivity index (χ1) is 7.29. The standard InChI is InChI=1S/C12H23NO2/c1-11(2)9-15-7-5-13-8-12-4-3-6-14-10-12/h12-13H,1,3-10H2,2H3. The van der Waals surface area contributed by atoms with Crippen LogP contribution in [-0.4, -0.2) is 39.5 Å². The van der Waals surface area contributed by atoms with Gasteiger partial charge < -0.3 is 14.8 Å². The quantitative estimate of drug-likeness (QED) is 0.514. The number of hydrogen-bond donors (Lipinski definition) is 1. The Morgan fingerprint density at radius 3 is 3.13 bits per heavy atom. The minimum absolute atomic E-state index is 0.675. The maximum atomic E-state index is 5.41. The second-order valence-corrected chi connectivity index (χ2v) is 4.30. The lowest BCUT2D eigenvalue weighted by Crippen LogP contribution is -2.31. The van der Waals surface area contributed by atoms with E-state index in [0.29, 0.717) is 12.5 Å². The first-order valence-corrected chi connectivity index (χ1v) is 5.79. The van der Waals surface area contributed by atoms with Gasteiger partial charge in [-0.05, 0) is 25.7 Å². The molecular weight excluding hydrogens is 190 g/mol. The van der Waals surface area contributed by atoms with Crippen molar-refractivity contribution in [3.8, 4) is 0 Å². The predicted molar refractivity (Wildman–Crippen MR) is 62.0 cm³/mol. The van der Waals surface area contributed by atoms with Crippen LogP contribution in [0.2, 0.25) is 0 Å². The van der Waals surface area contributed by atoms with Crippen LogP contribution in [0, 0.1) is 5.92 Å². The number of nitrogens with one attached hydrogen (secondary N) is 1. The SMILES string of the molecule is C=C(C)COCCNCC1CCCOC1. The van der Waals surface area contributed by atoms with Crippen LogP contribution < -0.4 is 5.32 Å². The molecule has 1 unspecified atom stereocenters. The molecule has 0 amide bonds. The normalized spacial score (nSPS) is 21.5. The monoisotopic (exact) mass is 213 g/mol. The molecule has 88 valence electrons. The van der Waals surface area contributed by atoms with Crippen LogP contribution in [0.15, 0.2) is 12.2 Å². The van der Waals surface area contributed by atoms with Gasteiger partial charge in [0.15, 0.2) is 0 Å². The Balaban J connectivity index is 1.85. The third kappa shape index (κ3) is 6.66. The predicted octanol–water partition coefficient (Wildman–Crippen LogP) is 1.60. The fraction of sp³-hybridized carbons (Fsp3) is 0.833. The van der Waals surface area contributed by atoms with Gasteiger partial charge in [-0.15, -0.1) is 0 Å². The van der Waals surface area contributed by atoms with Gasteiger partial charge in [0, 0.05) is 19.7 Å². The highest BCUT2D eigenvalue weighted by molar-refractivity contribution is 4.87. The highest BCUT2D eigenvalue weighted by Crippen LogP contribution is 2.11. The molecule has 0 aliphatic carbocycles. The van der Waals surface area contributed by atoms with E-state index in [9.17, 15) is 0 Å². The van der Waals surface area contributed by atoms with Crippen LogP contribution >= 0.6 is 0 Å². The molecule has 1 rings (SSSR count). The molecule has 1 fully saturated rings. The van der Waals surface area contributed by atoms with E-state index in [1.54, 1.807) is 0 Å². The van der Waals surface area contributed by atoms with Crippen molar-refractivity contribution in [1.82, 2.24) is 5.32 Å². The Bertz CT molecular complexity index is 176. The summed E-state index contributed by atoms with van der Waals surface area (Å²) in [6.45, 7) is 11.0. The fourth-order valence-corrected chi connectivity index (χ4v) is 1.67. The third-order valence-electron chi connectivity index (χ3n) is 2.46. The molecule has 1 atom stereocenters. The van der Waals surface area contributed by atoms with Gasteiger partial charge in [0.2, 0.25) is 0 Å².